The largest absolute Gasteiger partial charge is 0.334 e. The topological polar surface area (TPSA) is 75.3 Å². The van der Waals surface area contributed by atoms with Crippen LogP contribution < -0.4 is 10.6 Å². The number of sulfone groups is 1. The highest BCUT2D eigenvalue weighted by molar-refractivity contribution is 7.91. The fourth-order valence-electron chi connectivity index (χ4n) is 3.75. The molecule has 2 aliphatic rings. The monoisotopic (exact) mass is 336 g/mol. The Kier molecular flexibility index (Phi) is 4.36. The molecule has 1 heterocycles. The van der Waals surface area contributed by atoms with Crippen LogP contribution in [0.2, 0.25) is 0 Å². The third-order valence-corrected chi connectivity index (χ3v) is 6.72. The van der Waals surface area contributed by atoms with Gasteiger partial charge in [-0.1, -0.05) is 42.7 Å². The van der Waals surface area contributed by atoms with Crippen LogP contribution in [-0.4, -0.2) is 32.0 Å². The van der Waals surface area contributed by atoms with Gasteiger partial charge in [0.15, 0.2) is 9.84 Å². The number of benzene rings is 1. The minimum absolute atomic E-state index is 0.0534. The number of carbonyl (C=O) groups is 1. The number of amides is 2. The van der Waals surface area contributed by atoms with Gasteiger partial charge in [0, 0.05) is 6.04 Å². The molecule has 0 aromatic heterocycles. The van der Waals surface area contributed by atoms with E-state index in [9.17, 15) is 13.2 Å². The van der Waals surface area contributed by atoms with Gasteiger partial charge >= 0.3 is 6.03 Å². The Hall–Kier alpha value is -1.56. The highest BCUT2D eigenvalue weighted by atomic mass is 32.2. The van der Waals surface area contributed by atoms with Crippen molar-refractivity contribution in [2.24, 2.45) is 0 Å². The fourth-order valence-corrected chi connectivity index (χ4v) is 5.43. The molecule has 2 N–H and O–H groups in total. The lowest BCUT2D eigenvalue weighted by Gasteiger charge is -2.32. The van der Waals surface area contributed by atoms with Crippen LogP contribution in [0.5, 0.6) is 0 Å². The summed E-state index contributed by atoms with van der Waals surface area (Å²) in [5.41, 5.74) is 2.00. The number of hydrogen-bond acceptors (Lipinski definition) is 3. The number of carbonyl (C=O) groups excluding carboxylic acids is 1. The van der Waals surface area contributed by atoms with Crippen LogP contribution in [0.15, 0.2) is 24.3 Å². The third kappa shape index (κ3) is 3.68. The van der Waals surface area contributed by atoms with Crippen molar-refractivity contribution >= 4 is 15.9 Å². The van der Waals surface area contributed by atoms with Crippen LogP contribution >= 0.6 is 0 Å². The lowest BCUT2D eigenvalue weighted by Crippen LogP contribution is -2.51. The molecule has 1 aromatic carbocycles. The number of nitrogens with one attached hydrogen (secondary N) is 2. The number of aryl methyl sites for hydroxylation is 1. The lowest BCUT2D eigenvalue weighted by molar-refractivity contribution is 0.221. The van der Waals surface area contributed by atoms with E-state index in [4.69, 9.17) is 0 Å². The Balaban J connectivity index is 1.71. The summed E-state index contributed by atoms with van der Waals surface area (Å²) in [5, 5.41) is 5.99. The van der Waals surface area contributed by atoms with Crippen LogP contribution in [0.4, 0.5) is 4.79 Å². The minimum atomic E-state index is -2.98. The molecule has 6 heteroatoms. The van der Waals surface area contributed by atoms with E-state index in [1.54, 1.807) is 0 Å². The second-order valence-corrected chi connectivity index (χ2v) is 9.09. The first-order chi connectivity index (χ1) is 10.9. The summed E-state index contributed by atoms with van der Waals surface area (Å²) in [5.74, 6) is 0.221. The van der Waals surface area contributed by atoms with Crippen LogP contribution in [-0.2, 0) is 15.4 Å². The van der Waals surface area contributed by atoms with Gasteiger partial charge in [-0.15, -0.1) is 0 Å². The van der Waals surface area contributed by atoms with Crippen LogP contribution in [0, 0.1) is 6.92 Å². The van der Waals surface area contributed by atoms with E-state index >= 15 is 0 Å². The molecule has 5 nitrogen and oxygen atoms in total. The van der Waals surface area contributed by atoms with Gasteiger partial charge in [-0.3, -0.25) is 0 Å². The quantitative estimate of drug-likeness (QED) is 0.889. The number of hydrogen-bond donors (Lipinski definition) is 2. The summed E-state index contributed by atoms with van der Waals surface area (Å²) in [6.07, 6.45) is 4.53. The molecule has 126 valence electrons. The summed E-state index contributed by atoms with van der Waals surface area (Å²) in [6.45, 7) is 2.05. The molecular weight excluding hydrogens is 312 g/mol. The Labute approximate surface area is 137 Å². The first-order valence-electron chi connectivity index (χ1n) is 8.25. The lowest BCUT2D eigenvalue weighted by atomic mass is 9.87. The van der Waals surface area contributed by atoms with E-state index in [1.807, 2.05) is 6.07 Å². The van der Waals surface area contributed by atoms with E-state index in [1.165, 1.54) is 5.56 Å². The zero-order valence-corrected chi connectivity index (χ0v) is 14.3. The number of rotatable bonds is 3. The number of urea groups is 1. The average molecular weight is 336 g/mol. The summed E-state index contributed by atoms with van der Waals surface area (Å²) in [7, 11) is -2.98. The van der Waals surface area contributed by atoms with Crippen molar-refractivity contribution in [2.45, 2.75) is 50.6 Å². The van der Waals surface area contributed by atoms with Gasteiger partial charge in [0.2, 0.25) is 0 Å². The molecule has 0 spiro atoms. The fraction of sp³-hybridized carbons (Fsp3) is 0.588. The molecule has 0 bridgehead atoms. The van der Waals surface area contributed by atoms with Crippen molar-refractivity contribution in [3.8, 4) is 0 Å². The SMILES string of the molecule is Cc1cccc(C2(NC(=O)NC3CCS(=O)(=O)C3)CCCC2)c1. The van der Waals surface area contributed by atoms with E-state index in [0.717, 1.165) is 31.2 Å². The predicted octanol–water partition coefficient (Wildman–Crippen LogP) is 2.25. The van der Waals surface area contributed by atoms with Crippen molar-refractivity contribution in [2.75, 3.05) is 11.5 Å². The Morgan fingerprint density at radius 1 is 1.26 bits per heavy atom. The van der Waals surface area contributed by atoms with E-state index in [-0.39, 0.29) is 29.1 Å². The molecule has 1 aromatic rings. The normalized spacial score (nSPS) is 25.2. The predicted molar refractivity (Wildman–Crippen MR) is 90.1 cm³/mol. The van der Waals surface area contributed by atoms with Gasteiger partial charge in [0.1, 0.15) is 0 Å². The second-order valence-electron chi connectivity index (χ2n) is 6.86. The third-order valence-electron chi connectivity index (χ3n) is 4.95. The van der Waals surface area contributed by atoms with Crippen molar-refractivity contribution in [3.05, 3.63) is 35.4 Å². The first-order valence-corrected chi connectivity index (χ1v) is 10.1. The van der Waals surface area contributed by atoms with Gasteiger partial charge in [-0.05, 0) is 31.7 Å². The van der Waals surface area contributed by atoms with Gasteiger partial charge in [-0.2, -0.15) is 0 Å². The molecule has 1 aliphatic heterocycles. The van der Waals surface area contributed by atoms with Gasteiger partial charge in [-0.25, -0.2) is 13.2 Å². The molecule has 0 radical (unpaired) electrons. The molecule has 3 rings (SSSR count). The smallest absolute Gasteiger partial charge is 0.315 e. The van der Waals surface area contributed by atoms with Crippen LogP contribution in [0.1, 0.15) is 43.2 Å². The molecule has 1 atom stereocenters. The highest BCUT2D eigenvalue weighted by Gasteiger charge is 2.38. The maximum Gasteiger partial charge on any atom is 0.315 e. The molecule has 1 saturated carbocycles. The Morgan fingerprint density at radius 3 is 2.61 bits per heavy atom. The van der Waals surface area contributed by atoms with Crippen molar-refractivity contribution < 1.29 is 13.2 Å². The first kappa shape index (κ1) is 16.3. The van der Waals surface area contributed by atoms with Gasteiger partial charge in [0.25, 0.3) is 0 Å². The molecule has 2 fully saturated rings. The summed E-state index contributed by atoms with van der Waals surface area (Å²) in [6, 6.07) is 7.75. The summed E-state index contributed by atoms with van der Waals surface area (Å²) in [4.78, 5) is 12.4. The van der Waals surface area contributed by atoms with Gasteiger partial charge < -0.3 is 10.6 Å². The van der Waals surface area contributed by atoms with Gasteiger partial charge in [0.05, 0.1) is 17.0 Å². The average Bonchev–Trinajstić information content (AvgIpc) is 3.06. The van der Waals surface area contributed by atoms with Crippen molar-refractivity contribution in [1.82, 2.24) is 10.6 Å². The van der Waals surface area contributed by atoms with Crippen molar-refractivity contribution in [3.63, 3.8) is 0 Å². The second kappa shape index (κ2) is 6.15. The molecule has 1 aliphatic carbocycles. The molecular formula is C17H24N2O3S. The zero-order chi connectivity index (χ0) is 16.5. The van der Waals surface area contributed by atoms with Crippen LogP contribution in [0.25, 0.3) is 0 Å². The van der Waals surface area contributed by atoms with E-state index in [0.29, 0.717) is 6.42 Å². The van der Waals surface area contributed by atoms with E-state index in [2.05, 4.69) is 35.8 Å². The Bertz CT molecular complexity index is 694. The van der Waals surface area contributed by atoms with Crippen LogP contribution in [0.3, 0.4) is 0 Å². The molecule has 23 heavy (non-hydrogen) atoms. The maximum absolute atomic E-state index is 12.4. The standard InChI is InChI=1S/C17H24N2O3S/c1-13-5-4-6-14(11-13)17(8-2-3-9-17)19-16(20)18-15-7-10-23(21,22)12-15/h4-6,11,15H,2-3,7-10,12H2,1H3,(H2,18,19,20). The summed E-state index contributed by atoms with van der Waals surface area (Å²) >= 11 is 0. The Morgan fingerprint density at radius 2 is 2.00 bits per heavy atom. The maximum atomic E-state index is 12.4. The summed E-state index contributed by atoms with van der Waals surface area (Å²) < 4.78 is 23.0. The highest BCUT2D eigenvalue weighted by Crippen LogP contribution is 2.39. The van der Waals surface area contributed by atoms with Crippen molar-refractivity contribution in [1.29, 1.82) is 0 Å². The molecule has 1 saturated heterocycles. The molecule has 1 unspecified atom stereocenters. The van der Waals surface area contributed by atoms with E-state index < -0.39 is 9.84 Å². The zero-order valence-electron chi connectivity index (χ0n) is 13.5. The minimum Gasteiger partial charge on any atom is -0.334 e. The molecule has 2 amide bonds.